The summed E-state index contributed by atoms with van der Waals surface area (Å²) >= 11 is 0. The van der Waals surface area contributed by atoms with Crippen LogP contribution in [0.1, 0.15) is 342 Å². The normalized spacial score (nSPS) is 11.9. The third kappa shape index (κ3) is 53.2. The average molecular weight is 920 g/mol. The molecular formula is C59H114O6. The summed E-state index contributed by atoms with van der Waals surface area (Å²) in [6.07, 6.45) is 61.5. The summed E-state index contributed by atoms with van der Waals surface area (Å²) in [4.78, 5) is 37.8. The summed E-state index contributed by atoms with van der Waals surface area (Å²) in [5.74, 6) is -0.850. The molecule has 0 radical (unpaired) electrons. The van der Waals surface area contributed by atoms with Gasteiger partial charge in [0, 0.05) is 19.3 Å². The first-order valence-corrected chi connectivity index (χ1v) is 29.5. The van der Waals surface area contributed by atoms with E-state index in [9.17, 15) is 14.4 Å². The van der Waals surface area contributed by atoms with Gasteiger partial charge in [0.1, 0.15) is 13.2 Å². The zero-order valence-corrected chi connectivity index (χ0v) is 44.3. The van der Waals surface area contributed by atoms with Gasteiger partial charge in [-0.1, -0.05) is 303 Å². The monoisotopic (exact) mass is 919 g/mol. The van der Waals surface area contributed by atoms with Crippen LogP contribution in [0.25, 0.3) is 0 Å². The van der Waals surface area contributed by atoms with E-state index >= 15 is 0 Å². The fourth-order valence-corrected chi connectivity index (χ4v) is 9.15. The molecule has 386 valence electrons. The predicted molar refractivity (Wildman–Crippen MR) is 280 cm³/mol. The number of unbranched alkanes of at least 4 members (excludes halogenated alkanes) is 44. The maximum Gasteiger partial charge on any atom is 0.306 e. The molecule has 0 aliphatic heterocycles. The Hall–Kier alpha value is -1.59. The molecule has 0 N–H and O–H groups in total. The number of hydrogen-bond donors (Lipinski definition) is 0. The summed E-state index contributed by atoms with van der Waals surface area (Å²) in [5, 5.41) is 0. The van der Waals surface area contributed by atoms with Gasteiger partial charge in [0.05, 0.1) is 0 Å². The van der Waals surface area contributed by atoms with Crippen LogP contribution in [0.15, 0.2) is 0 Å². The largest absolute Gasteiger partial charge is 0.462 e. The first-order valence-electron chi connectivity index (χ1n) is 29.5. The first kappa shape index (κ1) is 63.4. The number of carbonyl (C=O) groups is 3. The lowest BCUT2D eigenvalue weighted by Gasteiger charge is -2.18. The number of rotatable bonds is 55. The van der Waals surface area contributed by atoms with Crippen LogP contribution in [-0.2, 0) is 28.6 Å². The second-order valence-corrected chi connectivity index (χ2v) is 20.3. The van der Waals surface area contributed by atoms with Crippen LogP contribution in [0.5, 0.6) is 0 Å². The smallest absolute Gasteiger partial charge is 0.306 e. The zero-order valence-electron chi connectivity index (χ0n) is 44.3. The van der Waals surface area contributed by atoms with E-state index in [0.717, 1.165) is 64.2 Å². The second-order valence-electron chi connectivity index (χ2n) is 20.3. The Balaban J connectivity index is 4.00. The molecule has 1 atom stereocenters. The van der Waals surface area contributed by atoms with Crippen molar-refractivity contribution in [1.29, 1.82) is 0 Å². The van der Waals surface area contributed by atoms with Crippen LogP contribution in [0, 0.1) is 0 Å². The summed E-state index contributed by atoms with van der Waals surface area (Å²) in [6.45, 7) is 6.63. The molecule has 0 fully saturated rings. The van der Waals surface area contributed by atoms with E-state index < -0.39 is 6.10 Å². The zero-order chi connectivity index (χ0) is 47.2. The van der Waals surface area contributed by atoms with Crippen molar-refractivity contribution >= 4 is 17.9 Å². The second kappa shape index (κ2) is 55.0. The fraction of sp³-hybridized carbons (Fsp3) is 0.949. The lowest BCUT2D eigenvalue weighted by atomic mass is 10.0. The van der Waals surface area contributed by atoms with Crippen molar-refractivity contribution in [2.75, 3.05) is 13.2 Å². The first-order chi connectivity index (χ1) is 32.0. The Kier molecular flexibility index (Phi) is 53.7. The van der Waals surface area contributed by atoms with Crippen molar-refractivity contribution in [2.24, 2.45) is 0 Å². The molecule has 0 aliphatic carbocycles. The van der Waals surface area contributed by atoms with Gasteiger partial charge in [-0.2, -0.15) is 0 Å². The van der Waals surface area contributed by atoms with Gasteiger partial charge in [0.2, 0.25) is 0 Å². The fourth-order valence-electron chi connectivity index (χ4n) is 9.15. The van der Waals surface area contributed by atoms with Crippen LogP contribution in [0.2, 0.25) is 0 Å². The van der Waals surface area contributed by atoms with Gasteiger partial charge in [0.25, 0.3) is 0 Å². The predicted octanol–water partition coefficient (Wildman–Crippen LogP) is 19.5. The van der Waals surface area contributed by atoms with E-state index in [1.807, 2.05) is 0 Å². The molecule has 6 heteroatoms. The van der Waals surface area contributed by atoms with Gasteiger partial charge in [-0.25, -0.2) is 0 Å². The highest BCUT2D eigenvalue weighted by atomic mass is 16.6. The topological polar surface area (TPSA) is 78.9 Å². The highest BCUT2D eigenvalue weighted by molar-refractivity contribution is 5.71. The van der Waals surface area contributed by atoms with Crippen molar-refractivity contribution in [2.45, 2.75) is 348 Å². The molecule has 1 unspecified atom stereocenters. The van der Waals surface area contributed by atoms with E-state index in [1.54, 1.807) is 0 Å². The third-order valence-corrected chi connectivity index (χ3v) is 13.6. The standard InChI is InChI=1S/C59H114O6/c1-4-7-10-13-15-17-19-21-23-25-27-28-29-30-32-33-35-37-39-41-43-46-49-52-58(61)64-55-56(54-63-57(60)51-48-45-12-9-6-3)65-59(62)53-50-47-44-42-40-38-36-34-31-26-24-22-20-18-16-14-11-8-5-2/h56H,4-55H2,1-3H3. The molecule has 0 amide bonds. The molecule has 0 bridgehead atoms. The molecule has 0 saturated heterocycles. The molecule has 0 saturated carbocycles. The Morgan fingerprint density at radius 3 is 0.615 bits per heavy atom. The highest BCUT2D eigenvalue weighted by Gasteiger charge is 2.19. The van der Waals surface area contributed by atoms with Crippen LogP contribution < -0.4 is 0 Å². The molecule has 0 heterocycles. The number of ether oxygens (including phenoxy) is 3. The molecule has 0 aromatic carbocycles. The molecular weight excluding hydrogens is 805 g/mol. The Labute approximate surface area is 406 Å². The molecule has 0 aromatic rings. The van der Waals surface area contributed by atoms with Crippen molar-refractivity contribution in [3.8, 4) is 0 Å². The number of hydrogen-bond acceptors (Lipinski definition) is 6. The minimum Gasteiger partial charge on any atom is -0.462 e. The summed E-state index contributed by atoms with van der Waals surface area (Å²) in [5.41, 5.74) is 0. The molecule has 0 rings (SSSR count). The van der Waals surface area contributed by atoms with Crippen LogP contribution in [-0.4, -0.2) is 37.2 Å². The number of esters is 3. The minimum atomic E-state index is -0.759. The van der Waals surface area contributed by atoms with Crippen LogP contribution in [0.4, 0.5) is 0 Å². The molecule has 65 heavy (non-hydrogen) atoms. The summed E-state index contributed by atoms with van der Waals surface area (Å²) in [6, 6.07) is 0. The Morgan fingerprint density at radius 2 is 0.415 bits per heavy atom. The highest BCUT2D eigenvalue weighted by Crippen LogP contribution is 2.18. The van der Waals surface area contributed by atoms with Gasteiger partial charge >= 0.3 is 17.9 Å². The Bertz CT molecular complexity index is 967. The lowest BCUT2D eigenvalue weighted by Crippen LogP contribution is -2.30. The molecule has 0 aliphatic rings. The van der Waals surface area contributed by atoms with Crippen molar-refractivity contribution < 1.29 is 28.6 Å². The average Bonchev–Trinajstić information content (AvgIpc) is 3.30. The lowest BCUT2D eigenvalue weighted by molar-refractivity contribution is -0.167. The van der Waals surface area contributed by atoms with Gasteiger partial charge in [-0.15, -0.1) is 0 Å². The third-order valence-electron chi connectivity index (χ3n) is 13.6. The van der Waals surface area contributed by atoms with E-state index in [-0.39, 0.29) is 31.1 Å². The van der Waals surface area contributed by atoms with Crippen molar-refractivity contribution in [3.05, 3.63) is 0 Å². The van der Waals surface area contributed by atoms with Gasteiger partial charge in [0.15, 0.2) is 6.10 Å². The van der Waals surface area contributed by atoms with Gasteiger partial charge < -0.3 is 14.2 Å². The van der Waals surface area contributed by atoms with E-state index in [4.69, 9.17) is 14.2 Å². The maximum absolute atomic E-state index is 12.8. The van der Waals surface area contributed by atoms with E-state index in [2.05, 4.69) is 20.8 Å². The van der Waals surface area contributed by atoms with Crippen LogP contribution in [0.3, 0.4) is 0 Å². The molecule has 0 aromatic heterocycles. The van der Waals surface area contributed by atoms with Gasteiger partial charge in [-0.3, -0.25) is 14.4 Å². The number of carbonyl (C=O) groups excluding carboxylic acids is 3. The van der Waals surface area contributed by atoms with Crippen molar-refractivity contribution in [3.63, 3.8) is 0 Å². The minimum absolute atomic E-state index is 0.0626. The molecule has 0 spiro atoms. The van der Waals surface area contributed by atoms with E-state index in [0.29, 0.717) is 19.3 Å². The van der Waals surface area contributed by atoms with Gasteiger partial charge in [-0.05, 0) is 19.3 Å². The summed E-state index contributed by atoms with van der Waals surface area (Å²) in [7, 11) is 0. The quantitative estimate of drug-likeness (QED) is 0.0344. The Morgan fingerprint density at radius 1 is 0.246 bits per heavy atom. The van der Waals surface area contributed by atoms with Crippen molar-refractivity contribution in [1.82, 2.24) is 0 Å². The maximum atomic E-state index is 12.8. The molecule has 6 nitrogen and oxygen atoms in total. The summed E-state index contributed by atoms with van der Waals surface area (Å²) < 4.78 is 16.8. The van der Waals surface area contributed by atoms with Crippen LogP contribution >= 0.6 is 0 Å². The van der Waals surface area contributed by atoms with E-state index in [1.165, 1.54) is 238 Å². The SMILES string of the molecule is CCCCCCCCCCCCCCCCCCCCCCCCCC(=O)OCC(COC(=O)CCCCCCC)OC(=O)CCCCCCCCCCCCCCCCCCCCC.